The van der Waals surface area contributed by atoms with E-state index in [1.165, 1.54) is 12.1 Å². The summed E-state index contributed by atoms with van der Waals surface area (Å²) in [6.07, 6.45) is 7.35. The van der Waals surface area contributed by atoms with Crippen molar-refractivity contribution in [3.05, 3.63) is 47.4 Å². The lowest BCUT2D eigenvalue weighted by molar-refractivity contribution is -0.133. The van der Waals surface area contributed by atoms with Crippen LogP contribution in [0.25, 0.3) is 10.7 Å². The van der Waals surface area contributed by atoms with Crippen LogP contribution in [0.1, 0.15) is 49.7 Å². The van der Waals surface area contributed by atoms with Gasteiger partial charge < -0.3 is 14.0 Å². The van der Waals surface area contributed by atoms with Crippen LogP contribution in [0.2, 0.25) is 0 Å². The standard InChI is InChI=1S/C20H24N4O2S/c1-23-12-5-8-15(23)16-7-3-2-4-13-24(16)19(25)11-10-18-21-20(22-26-18)17-9-6-14-27-17/h5-6,8-9,12,14,16H,2-4,7,10-11,13H2,1H3/t16-/m1/s1. The molecule has 0 aromatic carbocycles. The number of nitrogens with zero attached hydrogens (tertiary/aromatic N) is 4. The summed E-state index contributed by atoms with van der Waals surface area (Å²) in [6.45, 7) is 0.818. The smallest absolute Gasteiger partial charge is 0.227 e. The average Bonchev–Trinajstić information content (AvgIpc) is 3.39. The zero-order valence-electron chi connectivity index (χ0n) is 15.5. The predicted octanol–water partition coefficient (Wildman–Crippen LogP) is 4.21. The first-order valence-electron chi connectivity index (χ1n) is 9.49. The lowest BCUT2D eigenvalue weighted by Crippen LogP contribution is -2.35. The number of aromatic nitrogens is 3. The molecule has 142 valence electrons. The summed E-state index contributed by atoms with van der Waals surface area (Å²) in [7, 11) is 2.05. The van der Waals surface area contributed by atoms with Gasteiger partial charge in [0.05, 0.1) is 10.9 Å². The molecule has 0 aliphatic carbocycles. The first-order chi connectivity index (χ1) is 13.2. The van der Waals surface area contributed by atoms with Crippen molar-refractivity contribution in [3.63, 3.8) is 0 Å². The minimum Gasteiger partial charge on any atom is -0.353 e. The second-order valence-corrected chi connectivity index (χ2v) is 7.93. The maximum Gasteiger partial charge on any atom is 0.227 e. The molecule has 3 aromatic rings. The van der Waals surface area contributed by atoms with Crippen molar-refractivity contribution < 1.29 is 9.32 Å². The van der Waals surface area contributed by atoms with E-state index in [2.05, 4.69) is 25.7 Å². The van der Waals surface area contributed by atoms with E-state index in [0.29, 0.717) is 24.6 Å². The minimum absolute atomic E-state index is 0.157. The molecule has 0 bridgehead atoms. The summed E-state index contributed by atoms with van der Waals surface area (Å²) < 4.78 is 7.47. The molecule has 1 fully saturated rings. The quantitative estimate of drug-likeness (QED) is 0.661. The highest BCUT2D eigenvalue weighted by Gasteiger charge is 2.28. The molecule has 0 N–H and O–H groups in total. The van der Waals surface area contributed by atoms with E-state index in [1.807, 2.05) is 36.8 Å². The van der Waals surface area contributed by atoms with Crippen LogP contribution < -0.4 is 0 Å². The molecule has 4 rings (SSSR count). The van der Waals surface area contributed by atoms with Gasteiger partial charge in [0.25, 0.3) is 0 Å². The molecule has 4 heterocycles. The topological polar surface area (TPSA) is 64.2 Å². The molecule has 1 aliphatic heterocycles. The van der Waals surface area contributed by atoms with Crippen LogP contribution in [0.3, 0.4) is 0 Å². The molecule has 1 saturated heterocycles. The van der Waals surface area contributed by atoms with Crippen LogP contribution in [0, 0.1) is 0 Å². The van der Waals surface area contributed by atoms with E-state index in [9.17, 15) is 4.79 Å². The fourth-order valence-corrected chi connectivity index (χ4v) is 4.40. The lowest BCUT2D eigenvalue weighted by Gasteiger charge is -2.30. The lowest BCUT2D eigenvalue weighted by atomic mass is 10.1. The predicted molar refractivity (Wildman–Crippen MR) is 104 cm³/mol. The summed E-state index contributed by atoms with van der Waals surface area (Å²) in [5.74, 6) is 1.29. The summed E-state index contributed by atoms with van der Waals surface area (Å²) >= 11 is 1.58. The Bertz CT molecular complexity index is 884. The normalized spacial score (nSPS) is 17.8. The molecular weight excluding hydrogens is 360 g/mol. The van der Waals surface area contributed by atoms with Crippen LogP contribution in [-0.4, -0.2) is 32.1 Å². The third-order valence-corrected chi connectivity index (χ3v) is 6.03. The Morgan fingerprint density at radius 1 is 1.30 bits per heavy atom. The van der Waals surface area contributed by atoms with E-state index in [-0.39, 0.29) is 11.9 Å². The van der Waals surface area contributed by atoms with Crippen LogP contribution in [0.4, 0.5) is 0 Å². The molecule has 6 nitrogen and oxygen atoms in total. The number of likely N-dealkylation sites (tertiary alicyclic amines) is 1. The van der Waals surface area contributed by atoms with Gasteiger partial charge in [0.2, 0.25) is 17.6 Å². The summed E-state index contributed by atoms with van der Waals surface area (Å²) in [6, 6.07) is 8.26. The monoisotopic (exact) mass is 384 g/mol. The molecule has 0 spiro atoms. The van der Waals surface area contributed by atoms with Gasteiger partial charge in [0, 0.05) is 38.3 Å². The number of hydrogen-bond donors (Lipinski definition) is 0. The Labute approximate surface area is 162 Å². The average molecular weight is 385 g/mol. The molecular formula is C20H24N4O2S. The van der Waals surface area contributed by atoms with E-state index in [0.717, 1.165) is 30.7 Å². The van der Waals surface area contributed by atoms with Crippen LogP contribution >= 0.6 is 11.3 Å². The largest absolute Gasteiger partial charge is 0.353 e. The van der Waals surface area contributed by atoms with E-state index in [1.54, 1.807) is 11.3 Å². The summed E-state index contributed by atoms with van der Waals surface area (Å²) in [5, 5.41) is 6.01. The van der Waals surface area contributed by atoms with Gasteiger partial charge in [-0.05, 0) is 36.4 Å². The van der Waals surface area contributed by atoms with E-state index < -0.39 is 0 Å². The van der Waals surface area contributed by atoms with Crippen molar-refractivity contribution in [3.8, 4) is 10.7 Å². The van der Waals surface area contributed by atoms with Gasteiger partial charge >= 0.3 is 0 Å². The van der Waals surface area contributed by atoms with Crippen molar-refractivity contribution >= 4 is 17.2 Å². The molecule has 27 heavy (non-hydrogen) atoms. The third-order valence-electron chi connectivity index (χ3n) is 5.16. The van der Waals surface area contributed by atoms with Gasteiger partial charge in [0.1, 0.15) is 0 Å². The van der Waals surface area contributed by atoms with Gasteiger partial charge in [-0.15, -0.1) is 11.3 Å². The highest BCUT2D eigenvalue weighted by molar-refractivity contribution is 7.13. The van der Waals surface area contributed by atoms with Crippen LogP contribution in [-0.2, 0) is 18.3 Å². The van der Waals surface area contributed by atoms with Crippen LogP contribution in [0.5, 0.6) is 0 Å². The Hall–Kier alpha value is -2.41. The van der Waals surface area contributed by atoms with Crippen LogP contribution in [0.15, 0.2) is 40.4 Å². The van der Waals surface area contributed by atoms with Gasteiger partial charge in [-0.2, -0.15) is 4.98 Å². The Morgan fingerprint density at radius 2 is 2.22 bits per heavy atom. The molecule has 1 atom stereocenters. The number of aryl methyl sites for hydroxylation is 2. The summed E-state index contributed by atoms with van der Waals surface area (Å²) in [4.78, 5) is 20.5. The first-order valence-corrected chi connectivity index (χ1v) is 10.4. The Kier molecular flexibility index (Phi) is 5.38. The Morgan fingerprint density at radius 3 is 3.00 bits per heavy atom. The maximum atomic E-state index is 13.0. The minimum atomic E-state index is 0.157. The van der Waals surface area contributed by atoms with Crippen molar-refractivity contribution in [2.24, 2.45) is 7.05 Å². The number of thiophene rings is 1. The van der Waals surface area contributed by atoms with Crippen molar-refractivity contribution in [2.75, 3.05) is 6.54 Å². The zero-order valence-corrected chi connectivity index (χ0v) is 16.3. The molecule has 0 saturated carbocycles. The summed E-state index contributed by atoms with van der Waals surface area (Å²) in [5.41, 5.74) is 1.21. The van der Waals surface area contributed by atoms with Gasteiger partial charge in [-0.25, -0.2) is 0 Å². The third kappa shape index (κ3) is 3.98. The molecule has 0 radical (unpaired) electrons. The van der Waals surface area contributed by atoms with Crippen molar-refractivity contribution in [1.82, 2.24) is 19.6 Å². The molecule has 1 aliphatic rings. The second-order valence-electron chi connectivity index (χ2n) is 6.99. The number of rotatable bonds is 5. The zero-order chi connectivity index (χ0) is 18.6. The fraction of sp³-hybridized carbons (Fsp3) is 0.450. The highest BCUT2D eigenvalue weighted by Crippen LogP contribution is 2.31. The van der Waals surface area contributed by atoms with Gasteiger partial charge in [-0.1, -0.05) is 24.1 Å². The highest BCUT2D eigenvalue weighted by atomic mass is 32.1. The SMILES string of the molecule is Cn1cccc1[C@H]1CCCCCN1C(=O)CCc1nc(-c2cccs2)no1. The van der Waals surface area contributed by atoms with Crippen molar-refractivity contribution in [2.45, 2.75) is 44.6 Å². The molecule has 7 heteroatoms. The number of carbonyl (C=O) groups excluding carboxylic acids is 1. The van der Waals surface area contributed by atoms with Crippen molar-refractivity contribution in [1.29, 1.82) is 0 Å². The van der Waals surface area contributed by atoms with Gasteiger partial charge in [0.15, 0.2) is 0 Å². The first kappa shape index (κ1) is 18.0. The number of hydrogen-bond acceptors (Lipinski definition) is 5. The maximum absolute atomic E-state index is 13.0. The molecule has 0 unspecified atom stereocenters. The molecule has 3 aromatic heterocycles. The van der Waals surface area contributed by atoms with E-state index in [4.69, 9.17) is 4.52 Å². The van der Waals surface area contributed by atoms with Gasteiger partial charge in [-0.3, -0.25) is 4.79 Å². The Balaban J connectivity index is 1.43. The molecule has 1 amide bonds. The number of carbonyl (C=O) groups is 1. The number of amides is 1. The van der Waals surface area contributed by atoms with E-state index >= 15 is 0 Å². The second kappa shape index (κ2) is 8.08. The fourth-order valence-electron chi connectivity index (χ4n) is 3.75.